The smallest absolute Gasteiger partial charge is 0.378 e. The minimum Gasteiger partial charge on any atom is -0.378 e. The summed E-state index contributed by atoms with van der Waals surface area (Å²) in [6.45, 7) is 5.99. The summed E-state index contributed by atoms with van der Waals surface area (Å²) >= 11 is 4.64. The zero-order valence-corrected chi connectivity index (χ0v) is 14.2. The van der Waals surface area contributed by atoms with E-state index in [1.165, 1.54) is 15.8 Å². The second kappa shape index (κ2) is 6.01. The molecular weight excluding hydrogens is 363 g/mol. The standard InChI is InChI=1S/C15H15BrF3NS/c1-8-6-12(10(3)21-8)9(2)20-11-4-5-14(16)13(7-11)15(17,18)19/h4-7,9,20H,1-3H3. The number of halogens is 4. The molecule has 1 nitrogen and oxygen atoms in total. The van der Waals surface area contributed by atoms with E-state index in [9.17, 15) is 13.2 Å². The Balaban J connectivity index is 2.26. The van der Waals surface area contributed by atoms with Crippen molar-refractivity contribution in [3.63, 3.8) is 0 Å². The van der Waals surface area contributed by atoms with E-state index in [1.54, 1.807) is 17.4 Å². The lowest BCUT2D eigenvalue weighted by atomic mass is 10.1. The molecule has 0 saturated carbocycles. The van der Waals surface area contributed by atoms with E-state index in [0.29, 0.717) is 5.69 Å². The van der Waals surface area contributed by atoms with E-state index < -0.39 is 11.7 Å². The molecule has 21 heavy (non-hydrogen) atoms. The topological polar surface area (TPSA) is 12.0 Å². The lowest BCUT2D eigenvalue weighted by Crippen LogP contribution is -2.10. The zero-order chi connectivity index (χ0) is 15.8. The first-order chi connectivity index (χ1) is 9.68. The number of alkyl halides is 3. The van der Waals surface area contributed by atoms with E-state index in [1.807, 2.05) is 20.8 Å². The van der Waals surface area contributed by atoms with Crippen molar-refractivity contribution in [2.45, 2.75) is 33.0 Å². The SMILES string of the molecule is Cc1cc(C(C)Nc2ccc(Br)c(C(F)(F)F)c2)c(C)s1. The van der Waals surface area contributed by atoms with Gasteiger partial charge in [-0.2, -0.15) is 13.2 Å². The van der Waals surface area contributed by atoms with Crippen molar-refractivity contribution >= 4 is 33.0 Å². The van der Waals surface area contributed by atoms with Crippen LogP contribution in [-0.4, -0.2) is 0 Å². The first kappa shape index (κ1) is 16.4. The van der Waals surface area contributed by atoms with Gasteiger partial charge in [0.2, 0.25) is 0 Å². The van der Waals surface area contributed by atoms with Gasteiger partial charge in [-0.3, -0.25) is 0 Å². The third-order valence-electron chi connectivity index (χ3n) is 3.20. The fourth-order valence-electron chi connectivity index (χ4n) is 2.24. The number of hydrogen-bond donors (Lipinski definition) is 1. The minimum absolute atomic E-state index is 0.0443. The van der Waals surface area contributed by atoms with Crippen LogP contribution in [0.2, 0.25) is 0 Å². The first-order valence-corrected chi connectivity index (χ1v) is 7.99. The molecule has 0 aliphatic carbocycles. The number of rotatable bonds is 3. The van der Waals surface area contributed by atoms with Crippen LogP contribution >= 0.6 is 27.3 Å². The van der Waals surface area contributed by atoms with Gasteiger partial charge in [-0.1, -0.05) is 15.9 Å². The molecule has 0 aliphatic rings. The highest BCUT2D eigenvalue weighted by Crippen LogP contribution is 2.37. The third kappa shape index (κ3) is 3.80. The molecule has 0 aliphatic heterocycles. The van der Waals surface area contributed by atoms with Gasteiger partial charge in [0.25, 0.3) is 0 Å². The van der Waals surface area contributed by atoms with Gasteiger partial charge in [-0.25, -0.2) is 0 Å². The van der Waals surface area contributed by atoms with Gasteiger partial charge in [0.1, 0.15) is 0 Å². The van der Waals surface area contributed by atoms with E-state index in [4.69, 9.17) is 0 Å². The molecule has 0 fully saturated rings. The Morgan fingerprint density at radius 1 is 1.19 bits per heavy atom. The van der Waals surface area contributed by atoms with Gasteiger partial charge in [0.15, 0.2) is 0 Å². The van der Waals surface area contributed by atoms with E-state index in [-0.39, 0.29) is 10.5 Å². The van der Waals surface area contributed by atoms with Crippen molar-refractivity contribution in [3.8, 4) is 0 Å². The van der Waals surface area contributed by atoms with Crippen LogP contribution in [-0.2, 0) is 6.18 Å². The van der Waals surface area contributed by atoms with Gasteiger partial charge in [-0.05, 0) is 50.6 Å². The van der Waals surface area contributed by atoms with Crippen molar-refractivity contribution in [3.05, 3.63) is 49.6 Å². The number of hydrogen-bond acceptors (Lipinski definition) is 2. The van der Waals surface area contributed by atoms with Crippen LogP contribution in [0.25, 0.3) is 0 Å². The first-order valence-electron chi connectivity index (χ1n) is 6.38. The Labute approximate surface area is 134 Å². The fraction of sp³-hybridized carbons (Fsp3) is 0.333. The van der Waals surface area contributed by atoms with Crippen molar-refractivity contribution in [1.29, 1.82) is 0 Å². The Morgan fingerprint density at radius 2 is 1.86 bits per heavy atom. The monoisotopic (exact) mass is 377 g/mol. The van der Waals surface area contributed by atoms with Gasteiger partial charge in [0, 0.05) is 26.0 Å². The molecule has 2 aromatic rings. The predicted octanol–water partition coefficient (Wildman–Crippen LogP) is 6.32. The summed E-state index contributed by atoms with van der Waals surface area (Å²) in [6.07, 6.45) is -4.37. The molecule has 2 rings (SSSR count). The van der Waals surface area contributed by atoms with E-state index >= 15 is 0 Å². The lowest BCUT2D eigenvalue weighted by Gasteiger charge is -2.17. The van der Waals surface area contributed by atoms with Crippen LogP contribution in [0.4, 0.5) is 18.9 Å². The third-order valence-corrected chi connectivity index (χ3v) is 4.87. The number of benzene rings is 1. The second-order valence-corrected chi connectivity index (χ2v) is 7.24. The molecule has 0 radical (unpaired) electrons. The van der Waals surface area contributed by atoms with Crippen molar-refractivity contribution in [1.82, 2.24) is 0 Å². The molecule has 1 unspecified atom stereocenters. The fourth-order valence-corrected chi connectivity index (χ4v) is 3.73. The van der Waals surface area contributed by atoms with E-state index in [0.717, 1.165) is 11.6 Å². The lowest BCUT2D eigenvalue weighted by molar-refractivity contribution is -0.138. The molecule has 1 N–H and O–H groups in total. The van der Waals surface area contributed by atoms with Crippen molar-refractivity contribution in [2.75, 3.05) is 5.32 Å². The van der Waals surface area contributed by atoms with Crippen molar-refractivity contribution < 1.29 is 13.2 Å². The molecule has 114 valence electrons. The van der Waals surface area contributed by atoms with Crippen LogP contribution in [0, 0.1) is 13.8 Å². The summed E-state index contributed by atoms with van der Waals surface area (Å²) in [5.74, 6) is 0. The summed E-state index contributed by atoms with van der Waals surface area (Å²) in [6, 6.07) is 6.22. The number of thiophene rings is 1. The van der Waals surface area contributed by atoms with Crippen molar-refractivity contribution in [2.24, 2.45) is 0 Å². The maximum absolute atomic E-state index is 12.9. The van der Waals surface area contributed by atoms with Crippen LogP contribution in [0.5, 0.6) is 0 Å². The summed E-state index contributed by atoms with van der Waals surface area (Å²) in [7, 11) is 0. The molecule has 0 saturated heterocycles. The van der Waals surface area contributed by atoms with Crippen LogP contribution in [0.1, 0.15) is 33.8 Å². The summed E-state index contributed by atoms with van der Waals surface area (Å²) in [4.78, 5) is 2.38. The Morgan fingerprint density at radius 3 is 2.38 bits per heavy atom. The second-order valence-electron chi connectivity index (χ2n) is 4.93. The highest BCUT2D eigenvalue weighted by atomic mass is 79.9. The highest BCUT2D eigenvalue weighted by molar-refractivity contribution is 9.10. The number of nitrogens with one attached hydrogen (secondary N) is 1. The highest BCUT2D eigenvalue weighted by Gasteiger charge is 2.33. The average molecular weight is 378 g/mol. The molecule has 6 heteroatoms. The quantitative estimate of drug-likeness (QED) is 0.659. The van der Waals surface area contributed by atoms with Gasteiger partial charge >= 0.3 is 6.18 Å². The van der Waals surface area contributed by atoms with Gasteiger partial charge in [0.05, 0.1) is 5.56 Å². The zero-order valence-electron chi connectivity index (χ0n) is 11.8. The number of anilines is 1. The maximum Gasteiger partial charge on any atom is 0.417 e. The Hall–Kier alpha value is -1.01. The van der Waals surface area contributed by atoms with Gasteiger partial charge in [-0.15, -0.1) is 11.3 Å². The molecular formula is C15H15BrF3NS. The molecule has 1 aromatic heterocycles. The molecule has 0 spiro atoms. The maximum atomic E-state index is 12.9. The molecule has 0 amide bonds. The number of aryl methyl sites for hydroxylation is 2. The molecule has 1 aromatic carbocycles. The molecule has 0 bridgehead atoms. The summed E-state index contributed by atoms with van der Waals surface area (Å²) < 4.78 is 38.8. The Bertz CT molecular complexity index is 649. The summed E-state index contributed by atoms with van der Waals surface area (Å²) in [5.41, 5.74) is 0.910. The van der Waals surface area contributed by atoms with Crippen LogP contribution in [0.3, 0.4) is 0 Å². The predicted molar refractivity (Wildman–Crippen MR) is 85.0 cm³/mol. The summed E-state index contributed by atoms with van der Waals surface area (Å²) in [5, 5.41) is 3.14. The Kier molecular flexibility index (Phi) is 4.68. The largest absolute Gasteiger partial charge is 0.417 e. The molecule has 1 atom stereocenters. The normalized spacial score (nSPS) is 13.3. The van der Waals surface area contributed by atoms with E-state index in [2.05, 4.69) is 27.3 Å². The minimum atomic E-state index is -4.37. The van der Waals surface area contributed by atoms with Crippen LogP contribution < -0.4 is 5.32 Å². The average Bonchev–Trinajstić information content (AvgIpc) is 2.69. The molecule has 1 heterocycles. The van der Waals surface area contributed by atoms with Gasteiger partial charge < -0.3 is 5.32 Å². The van der Waals surface area contributed by atoms with Crippen LogP contribution in [0.15, 0.2) is 28.7 Å².